The molecule has 3 rings (SSSR count). The summed E-state index contributed by atoms with van der Waals surface area (Å²) in [5.74, 6) is 0. The highest BCUT2D eigenvalue weighted by atomic mass is 14.7. The normalized spacial score (nSPS) is 15.5. The lowest BCUT2D eigenvalue weighted by molar-refractivity contribution is 1.15. The molecule has 0 bridgehead atoms. The van der Waals surface area contributed by atoms with Gasteiger partial charge in [-0.15, -0.1) is 0 Å². The summed E-state index contributed by atoms with van der Waals surface area (Å²) in [4.78, 5) is 4.27. The van der Waals surface area contributed by atoms with E-state index in [4.69, 9.17) is 6.85 Å². The molecule has 98 valence electrons. The van der Waals surface area contributed by atoms with Crippen LogP contribution in [0.1, 0.15) is 23.5 Å². The first kappa shape index (κ1) is 8.01. The van der Waals surface area contributed by atoms with Crippen LogP contribution in [0.4, 0.5) is 0 Å². The quantitative estimate of drug-likeness (QED) is 0.671. The molecule has 0 atom stereocenters. The Morgan fingerprint density at radius 2 is 1.85 bits per heavy atom. The number of pyridine rings is 1. The Labute approximate surface area is 127 Å². The second-order valence-corrected chi connectivity index (χ2v) is 4.47. The smallest absolute Gasteiger partial charge is 0.0702 e. The fourth-order valence-electron chi connectivity index (χ4n) is 2.02. The maximum Gasteiger partial charge on any atom is 0.0702 e. The zero-order valence-corrected chi connectivity index (χ0v) is 10.9. The van der Waals surface area contributed by atoms with Crippen LogP contribution < -0.4 is 0 Å². The van der Waals surface area contributed by atoms with Crippen LogP contribution in [0, 0.1) is 6.85 Å². The van der Waals surface area contributed by atoms with Gasteiger partial charge >= 0.3 is 0 Å². The maximum atomic E-state index is 8.58. The van der Waals surface area contributed by atoms with Crippen molar-refractivity contribution in [1.82, 2.24) is 4.98 Å². The van der Waals surface area contributed by atoms with Gasteiger partial charge in [0.15, 0.2) is 0 Å². The van der Waals surface area contributed by atoms with Crippen molar-refractivity contribution in [3.8, 4) is 11.3 Å². The Balaban J connectivity index is 2.22. The highest BCUT2D eigenvalue weighted by Gasteiger charge is 2.04. The number of aryl methyl sites for hydroxylation is 1. The summed E-state index contributed by atoms with van der Waals surface area (Å²) in [5, 5.41) is 0. The SMILES string of the molecule is [2H]C([2H])([2H])c1ccc(-c2ccccn2)cc1C([2H])([2H])c1ccccc1. The molecular formula is C19H17N. The molecule has 0 aliphatic rings. The largest absolute Gasteiger partial charge is 0.256 e. The molecule has 1 heteroatoms. The van der Waals surface area contributed by atoms with E-state index in [9.17, 15) is 0 Å². The Morgan fingerprint density at radius 3 is 2.60 bits per heavy atom. The van der Waals surface area contributed by atoms with Crippen LogP contribution in [0.3, 0.4) is 0 Å². The van der Waals surface area contributed by atoms with Gasteiger partial charge in [-0.25, -0.2) is 0 Å². The Hall–Kier alpha value is -2.41. The molecule has 0 saturated heterocycles. The first-order chi connectivity index (χ1) is 11.8. The van der Waals surface area contributed by atoms with Gasteiger partial charge in [0.2, 0.25) is 0 Å². The van der Waals surface area contributed by atoms with E-state index in [2.05, 4.69) is 4.98 Å². The van der Waals surface area contributed by atoms with E-state index in [-0.39, 0.29) is 11.1 Å². The van der Waals surface area contributed by atoms with Gasteiger partial charge in [-0.1, -0.05) is 48.5 Å². The standard InChI is InChI=1S/C19H17N/c1-15-10-11-17(19-9-5-6-12-20-19)14-18(15)13-16-7-3-2-4-8-16/h2-12,14H,13H2,1H3/i1D3,13D2. The van der Waals surface area contributed by atoms with E-state index in [1.54, 1.807) is 54.7 Å². The monoisotopic (exact) mass is 264 g/mol. The highest BCUT2D eigenvalue weighted by Crippen LogP contribution is 2.22. The van der Waals surface area contributed by atoms with Crippen LogP contribution in [0.15, 0.2) is 72.9 Å². The third-order valence-electron chi connectivity index (χ3n) is 3.03. The first-order valence-electron chi connectivity index (χ1n) is 8.92. The van der Waals surface area contributed by atoms with Crippen molar-refractivity contribution in [2.75, 3.05) is 0 Å². The lowest BCUT2D eigenvalue weighted by atomic mass is 9.97. The van der Waals surface area contributed by atoms with Gasteiger partial charge in [-0.2, -0.15) is 0 Å². The Kier molecular flexibility index (Phi) is 2.28. The van der Waals surface area contributed by atoms with Gasteiger partial charge in [0.25, 0.3) is 0 Å². The average Bonchev–Trinajstić information content (AvgIpc) is 2.62. The number of benzene rings is 2. The van der Waals surface area contributed by atoms with Crippen LogP contribution >= 0.6 is 0 Å². The van der Waals surface area contributed by atoms with Crippen molar-refractivity contribution in [2.24, 2.45) is 0 Å². The van der Waals surface area contributed by atoms with Crippen LogP contribution in [-0.4, -0.2) is 4.98 Å². The van der Waals surface area contributed by atoms with Crippen LogP contribution in [0.2, 0.25) is 0 Å². The number of rotatable bonds is 3. The molecule has 1 nitrogen and oxygen atoms in total. The summed E-state index contributed by atoms with van der Waals surface area (Å²) in [5.41, 5.74) is 1.93. The summed E-state index contributed by atoms with van der Waals surface area (Å²) in [6.45, 7) is -2.40. The predicted molar refractivity (Wildman–Crippen MR) is 83.7 cm³/mol. The lowest BCUT2D eigenvalue weighted by Gasteiger charge is -2.09. The molecule has 3 aromatic rings. The second kappa shape index (κ2) is 5.70. The second-order valence-electron chi connectivity index (χ2n) is 4.47. The van der Waals surface area contributed by atoms with E-state index >= 15 is 0 Å². The number of aromatic nitrogens is 1. The molecule has 1 heterocycles. The zero-order chi connectivity index (χ0) is 18.1. The van der Waals surface area contributed by atoms with E-state index < -0.39 is 13.2 Å². The van der Waals surface area contributed by atoms with Crippen LogP contribution in [0.5, 0.6) is 0 Å². The molecule has 2 aromatic carbocycles. The van der Waals surface area contributed by atoms with Crippen molar-refractivity contribution in [3.05, 3.63) is 89.6 Å². The Bertz CT molecular complexity index is 858. The summed E-state index contributed by atoms with van der Waals surface area (Å²) in [6.07, 6.45) is -0.283. The number of hydrogen-bond acceptors (Lipinski definition) is 1. The summed E-state index contributed by atoms with van der Waals surface area (Å²) in [6, 6.07) is 18.8. The molecule has 0 radical (unpaired) electrons. The molecule has 1 aromatic heterocycles. The summed E-state index contributed by atoms with van der Waals surface area (Å²) in [7, 11) is 0. The molecule has 0 amide bonds. The fourth-order valence-corrected chi connectivity index (χ4v) is 2.02. The summed E-state index contributed by atoms with van der Waals surface area (Å²) < 4.78 is 40.5. The van der Waals surface area contributed by atoms with Gasteiger partial charge in [0.05, 0.1) is 5.69 Å². The molecular weight excluding hydrogens is 242 g/mol. The van der Waals surface area contributed by atoms with Gasteiger partial charge < -0.3 is 0 Å². The lowest BCUT2D eigenvalue weighted by Crippen LogP contribution is -1.93. The molecule has 0 fully saturated rings. The van der Waals surface area contributed by atoms with Gasteiger partial charge in [0.1, 0.15) is 0 Å². The van der Waals surface area contributed by atoms with Crippen molar-refractivity contribution in [2.45, 2.75) is 13.2 Å². The topological polar surface area (TPSA) is 12.9 Å². The van der Waals surface area contributed by atoms with Crippen molar-refractivity contribution in [1.29, 1.82) is 0 Å². The molecule has 0 N–H and O–H groups in total. The average molecular weight is 264 g/mol. The van der Waals surface area contributed by atoms with Crippen LogP contribution in [0.25, 0.3) is 11.3 Å². The van der Waals surface area contributed by atoms with E-state index in [0.717, 1.165) is 0 Å². The third-order valence-corrected chi connectivity index (χ3v) is 3.03. The maximum absolute atomic E-state index is 8.58. The molecule has 0 saturated carbocycles. The van der Waals surface area contributed by atoms with Gasteiger partial charge in [-0.3, -0.25) is 4.98 Å². The molecule has 20 heavy (non-hydrogen) atoms. The minimum atomic E-state index is -2.40. The molecule has 0 spiro atoms. The van der Waals surface area contributed by atoms with Crippen molar-refractivity contribution >= 4 is 0 Å². The first-order valence-corrected chi connectivity index (χ1v) is 6.42. The number of nitrogens with zero attached hydrogens (tertiary/aromatic N) is 1. The van der Waals surface area contributed by atoms with E-state index in [1.807, 2.05) is 12.1 Å². The van der Waals surface area contributed by atoms with E-state index in [0.29, 0.717) is 16.8 Å². The minimum Gasteiger partial charge on any atom is -0.256 e. The van der Waals surface area contributed by atoms with Gasteiger partial charge in [-0.05, 0) is 48.1 Å². The molecule has 0 unspecified atom stereocenters. The Morgan fingerprint density at radius 1 is 1.00 bits per heavy atom. The van der Waals surface area contributed by atoms with Crippen molar-refractivity contribution < 1.29 is 6.85 Å². The minimum absolute atomic E-state index is 0.0148. The zero-order valence-electron chi connectivity index (χ0n) is 15.9. The van der Waals surface area contributed by atoms with E-state index in [1.165, 1.54) is 6.07 Å². The predicted octanol–water partition coefficient (Wildman–Crippen LogP) is 4.65. The summed E-state index contributed by atoms with van der Waals surface area (Å²) >= 11 is 0. The van der Waals surface area contributed by atoms with Crippen LogP contribution in [-0.2, 0) is 6.37 Å². The highest BCUT2D eigenvalue weighted by molar-refractivity contribution is 5.61. The van der Waals surface area contributed by atoms with Crippen molar-refractivity contribution in [3.63, 3.8) is 0 Å². The fraction of sp³-hybridized carbons (Fsp3) is 0.105. The molecule has 0 aliphatic heterocycles. The third kappa shape index (κ3) is 2.77. The van der Waals surface area contributed by atoms with Gasteiger partial charge in [0, 0.05) is 18.6 Å². The number of hydrogen-bond donors (Lipinski definition) is 0. The molecule has 0 aliphatic carbocycles.